The van der Waals surface area contributed by atoms with Crippen molar-refractivity contribution in [2.24, 2.45) is 0 Å². The van der Waals surface area contributed by atoms with Crippen LogP contribution in [0.1, 0.15) is 51.1 Å². The van der Waals surface area contributed by atoms with Crippen LogP contribution in [0.3, 0.4) is 0 Å². The molecule has 1 fully saturated rings. The highest BCUT2D eigenvalue weighted by molar-refractivity contribution is 5.08. The summed E-state index contributed by atoms with van der Waals surface area (Å²) in [5, 5.41) is 3.66. The molecule has 1 saturated carbocycles. The Kier molecular flexibility index (Phi) is 5.99. The number of likely N-dealkylation sites (N-methyl/N-ethyl adjacent to an activating group) is 1. The van der Waals surface area contributed by atoms with Crippen molar-refractivity contribution in [1.82, 2.24) is 10.3 Å². The number of ether oxygens (including phenoxy) is 1. The summed E-state index contributed by atoms with van der Waals surface area (Å²) < 4.78 is 6.06. The van der Waals surface area contributed by atoms with Gasteiger partial charge in [0.05, 0.1) is 5.60 Å². The van der Waals surface area contributed by atoms with Crippen LogP contribution in [-0.2, 0) is 11.2 Å². The maximum Gasteiger partial charge on any atom is 0.0834 e. The first-order valence-corrected chi connectivity index (χ1v) is 7.99. The van der Waals surface area contributed by atoms with Crippen molar-refractivity contribution in [1.29, 1.82) is 0 Å². The Balaban J connectivity index is 2.15. The van der Waals surface area contributed by atoms with Crippen LogP contribution in [0.25, 0.3) is 0 Å². The lowest BCUT2D eigenvalue weighted by atomic mass is 9.83. The van der Waals surface area contributed by atoms with E-state index in [-0.39, 0.29) is 5.60 Å². The fraction of sp³-hybridized carbons (Fsp3) is 0.706. The maximum atomic E-state index is 6.06. The number of hydrogen-bond donors (Lipinski definition) is 1. The number of nitrogens with zero attached hydrogens (tertiary/aromatic N) is 1. The number of methoxy groups -OCH3 is 1. The van der Waals surface area contributed by atoms with Crippen molar-refractivity contribution >= 4 is 0 Å². The van der Waals surface area contributed by atoms with E-state index in [2.05, 4.69) is 29.4 Å². The van der Waals surface area contributed by atoms with E-state index in [1.165, 1.54) is 25.7 Å². The Hall–Kier alpha value is -0.930. The zero-order valence-electron chi connectivity index (χ0n) is 12.9. The molecule has 0 bridgehead atoms. The monoisotopic (exact) mass is 276 g/mol. The first kappa shape index (κ1) is 15.5. The summed E-state index contributed by atoms with van der Waals surface area (Å²) in [6.45, 7) is 3.15. The van der Waals surface area contributed by atoms with Crippen molar-refractivity contribution in [3.05, 3.63) is 30.1 Å². The Morgan fingerprint density at radius 2 is 2.00 bits per heavy atom. The number of aromatic nitrogens is 1. The lowest BCUT2D eigenvalue weighted by molar-refractivity contribution is -0.0525. The average molecular weight is 276 g/mol. The molecule has 20 heavy (non-hydrogen) atoms. The largest absolute Gasteiger partial charge is 0.377 e. The van der Waals surface area contributed by atoms with Crippen LogP contribution in [0, 0.1) is 0 Å². The summed E-state index contributed by atoms with van der Waals surface area (Å²) in [6, 6.07) is 6.51. The zero-order valence-corrected chi connectivity index (χ0v) is 12.9. The van der Waals surface area contributed by atoms with Gasteiger partial charge in [0.15, 0.2) is 0 Å². The highest BCUT2D eigenvalue weighted by Crippen LogP contribution is 2.34. The van der Waals surface area contributed by atoms with Crippen molar-refractivity contribution in [2.45, 2.75) is 63.5 Å². The number of hydrogen-bond acceptors (Lipinski definition) is 3. The van der Waals surface area contributed by atoms with E-state index in [9.17, 15) is 0 Å². The zero-order chi connectivity index (χ0) is 14.3. The third kappa shape index (κ3) is 3.80. The van der Waals surface area contributed by atoms with Gasteiger partial charge < -0.3 is 10.1 Å². The molecule has 0 aliphatic heterocycles. The van der Waals surface area contributed by atoms with Gasteiger partial charge in [-0.05, 0) is 31.5 Å². The van der Waals surface area contributed by atoms with Crippen LogP contribution in [0.2, 0.25) is 0 Å². The average Bonchev–Trinajstić information content (AvgIpc) is 2.74. The van der Waals surface area contributed by atoms with Gasteiger partial charge in [0.25, 0.3) is 0 Å². The molecule has 0 saturated heterocycles. The van der Waals surface area contributed by atoms with E-state index >= 15 is 0 Å². The minimum Gasteiger partial charge on any atom is -0.377 e. The van der Waals surface area contributed by atoms with E-state index in [0.717, 1.165) is 31.5 Å². The van der Waals surface area contributed by atoms with E-state index in [1.807, 2.05) is 19.4 Å². The Bertz CT molecular complexity index is 372. The van der Waals surface area contributed by atoms with Gasteiger partial charge in [0.2, 0.25) is 0 Å². The summed E-state index contributed by atoms with van der Waals surface area (Å²) in [5.74, 6) is 0. The fourth-order valence-electron chi connectivity index (χ4n) is 3.44. The minimum atomic E-state index is -0.0238. The maximum absolute atomic E-state index is 6.06. The molecule has 0 aromatic carbocycles. The van der Waals surface area contributed by atoms with Gasteiger partial charge in [-0.3, -0.25) is 4.98 Å². The summed E-state index contributed by atoms with van der Waals surface area (Å²) in [7, 11) is 1.88. The Morgan fingerprint density at radius 3 is 2.55 bits per heavy atom. The molecule has 1 N–H and O–H groups in total. The van der Waals surface area contributed by atoms with Crippen molar-refractivity contribution in [2.75, 3.05) is 13.7 Å². The van der Waals surface area contributed by atoms with Crippen LogP contribution in [0.4, 0.5) is 0 Å². The second-order valence-corrected chi connectivity index (χ2v) is 5.82. The molecular formula is C17H28N2O. The number of rotatable bonds is 6. The van der Waals surface area contributed by atoms with E-state index in [4.69, 9.17) is 4.74 Å². The summed E-state index contributed by atoms with van der Waals surface area (Å²) in [4.78, 5) is 4.49. The normalized spacial score (nSPS) is 20.3. The van der Waals surface area contributed by atoms with Gasteiger partial charge in [0, 0.05) is 31.5 Å². The van der Waals surface area contributed by atoms with Crippen molar-refractivity contribution < 1.29 is 4.74 Å². The van der Waals surface area contributed by atoms with Crippen molar-refractivity contribution in [3.63, 3.8) is 0 Å². The smallest absolute Gasteiger partial charge is 0.0834 e. The SMILES string of the molecule is CCNC(Cc1ccccn1)C1(OC)CCCCCC1. The van der Waals surface area contributed by atoms with Gasteiger partial charge in [-0.15, -0.1) is 0 Å². The molecule has 1 aliphatic carbocycles. The first-order chi connectivity index (χ1) is 9.80. The summed E-state index contributed by atoms with van der Waals surface area (Å²) in [6.07, 6.45) is 10.4. The van der Waals surface area contributed by atoms with Gasteiger partial charge in [-0.1, -0.05) is 38.7 Å². The van der Waals surface area contributed by atoms with E-state index in [0.29, 0.717) is 6.04 Å². The summed E-state index contributed by atoms with van der Waals surface area (Å²) >= 11 is 0. The molecule has 2 rings (SSSR count). The predicted octanol–water partition coefficient (Wildman–Crippen LogP) is 3.34. The second-order valence-electron chi connectivity index (χ2n) is 5.82. The molecular weight excluding hydrogens is 248 g/mol. The Labute approximate surface area is 123 Å². The van der Waals surface area contributed by atoms with Crippen LogP contribution >= 0.6 is 0 Å². The van der Waals surface area contributed by atoms with Crippen LogP contribution in [-0.4, -0.2) is 30.3 Å². The number of nitrogens with one attached hydrogen (secondary N) is 1. The third-order valence-electron chi connectivity index (χ3n) is 4.58. The second kappa shape index (κ2) is 7.75. The predicted molar refractivity (Wildman–Crippen MR) is 82.8 cm³/mol. The lowest BCUT2D eigenvalue weighted by Crippen LogP contribution is -2.53. The third-order valence-corrected chi connectivity index (χ3v) is 4.58. The van der Waals surface area contributed by atoms with Crippen LogP contribution < -0.4 is 5.32 Å². The number of pyridine rings is 1. The topological polar surface area (TPSA) is 34.2 Å². The van der Waals surface area contributed by atoms with E-state index in [1.54, 1.807) is 0 Å². The van der Waals surface area contributed by atoms with Gasteiger partial charge in [-0.2, -0.15) is 0 Å². The lowest BCUT2D eigenvalue weighted by Gasteiger charge is -2.39. The first-order valence-electron chi connectivity index (χ1n) is 7.99. The standard InChI is InChI=1S/C17H28N2O/c1-3-18-16(14-15-10-6-9-13-19-15)17(20-2)11-7-4-5-8-12-17/h6,9-10,13,16,18H,3-5,7-8,11-12,14H2,1-2H3. The molecule has 1 aromatic heterocycles. The quantitative estimate of drug-likeness (QED) is 0.809. The van der Waals surface area contributed by atoms with Crippen LogP contribution in [0.15, 0.2) is 24.4 Å². The molecule has 112 valence electrons. The highest BCUT2D eigenvalue weighted by Gasteiger charge is 2.38. The molecule has 3 heteroatoms. The van der Waals surface area contributed by atoms with Gasteiger partial charge >= 0.3 is 0 Å². The fourth-order valence-corrected chi connectivity index (χ4v) is 3.44. The molecule has 1 unspecified atom stereocenters. The molecule has 1 atom stereocenters. The molecule has 1 aliphatic rings. The van der Waals surface area contributed by atoms with Crippen LogP contribution in [0.5, 0.6) is 0 Å². The molecule has 3 nitrogen and oxygen atoms in total. The molecule has 0 radical (unpaired) electrons. The molecule has 0 amide bonds. The van der Waals surface area contributed by atoms with Crippen molar-refractivity contribution in [3.8, 4) is 0 Å². The van der Waals surface area contributed by atoms with E-state index < -0.39 is 0 Å². The minimum absolute atomic E-state index is 0.0238. The molecule has 0 spiro atoms. The molecule has 1 aromatic rings. The molecule has 1 heterocycles. The Morgan fingerprint density at radius 1 is 1.25 bits per heavy atom. The highest BCUT2D eigenvalue weighted by atomic mass is 16.5. The van der Waals surface area contributed by atoms with Gasteiger partial charge in [0.1, 0.15) is 0 Å². The summed E-state index contributed by atoms with van der Waals surface area (Å²) in [5.41, 5.74) is 1.13. The van der Waals surface area contributed by atoms with Gasteiger partial charge in [-0.25, -0.2) is 0 Å².